The van der Waals surface area contributed by atoms with Crippen LogP contribution in [0.1, 0.15) is 51.9 Å². The maximum Gasteiger partial charge on any atom is 0.328 e. The average molecular weight is 305 g/mol. The molecule has 6 heteroatoms. The number of fused-ring (bicyclic) bond motifs is 1. The lowest BCUT2D eigenvalue weighted by Crippen LogP contribution is -2.48. The van der Waals surface area contributed by atoms with Crippen molar-refractivity contribution in [3.05, 3.63) is 0 Å². The van der Waals surface area contributed by atoms with Crippen molar-refractivity contribution in [3.8, 4) is 0 Å². The number of urea groups is 1. The highest BCUT2D eigenvalue weighted by atomic mass is 16.2. The Balaban J connectivity index is 1.61. The van der Waals surface area contributed by atoms with Crippen LogP contribution in [0.25, 0.3) is 0 Å². The molecule has 0 aromatic rings. The van der Waals surface area contributed by atoms with E-state index in [4.69, 9.17) is 0 Å². The second-order valence-corrected chi connectivity index (χ2v) is 7.06. The molecule has 4 amide bonds. The number of nitrogens with zero attached hydrogens (tertiary/aromatic N) is 3. The molecule has 2 atom stereocenters. The van der Waals surface area contributed by atoms with E-state index in [1.807, 2.05) is 11.8 Å². The Morgan fingerprint density at radius 3 is 2.59 bits per heavy atom. The Hall–Kier alpha value is -1.59. The second kappa shape index (κ2) is 4.70. The topological polar surface area (TPSA) is 60.9 Å². The van der Waals surface area contributed by atoms with Gasteiger partial charge in [0.15, 0.2) is 0 Å². The number of amides is 4. The van der Waals surface area contributed by atoms with E-state index in [0.717, 1.165) is 32.1 Å². The van der Waals surface area contributed by atoms with Crippen molar-refractivity contribution in [3.63, 3.8) is 0 Å². The van der Waals surface area contributed by atoms with Crippen LogP contribution in [0.3, 0.4) is 0 Å². The summed E-state index contributed by atoms with van der Waals surface area (Å²) in [6.45, 7) is 3.38. The van der Waals surface area contributed by atoms with Gasteiger partial charge in [0.2, 0.25) is 5.91 Å². The van der Waals surface area contributed by atoms with E-state index < -0.39 is 11.6 Å². The standard InChI is InChI=1S/C16H23N3O3/c1-2-7-16-8-3-9-18(16)15(22)19(14(16)21)12-6-10-17(13(12)20)11-4-5-11/h11-12H,2-10H2,1H3/t12-,16+/m0/s1. The summed E-state index contributed by atoms with van der Waals surface area (Å²) in [6, 6.07) is -0.429. The quantitative estimate of drug-likeness (QED) is 0.737. The van der Waals surface area contributed by atoms with Gasteiger partial charge >= 0.3 is 6.03 Å². The minimum absolute atomic E-state index is 0.0166. The predicted octanol–water partition coefficient (Wildman–Crippen LogP) is 1.35. The van der Waals surface area contributed by atoms with Gasteiger partial charge in [-0.25, -0.2) is 9.69 Å². The molecule has 4 aliphatic rings. The first-order valence-corrected chi connectivity index (χ1v) is 8.56. The summed E-state index contributed by atoms with van der Waals surface area (Å²) in [5.41, 5.74) is -0.654. The summed E-state index contributed by atoms with van der Waals surface area (Å²) in [5.74, 6) is -0.134. The minimum Gasteiger partial charge on any atom is -0.338 e. The molecule has 0 aromatic carbocycles. The van der Waals surface area contributed by atoms with Crippen molar-refractivity contribution < 1.29 is 14.4 Å². The highest BCUT2D eigenvalue weighted by molar-refractivity contribution is 6.10. The number of rotatable bonds is 4. The Bertz CT molecular complexity index is 545. The van der Waals surface area contributed by atoms with E-state index >= 15 is 0 Å². The van der Waals surface area contributed by atoms with Gasteiger partial charge in [0, 0.05) is 19.1 Å². The summed E-state index contributed by atoms with van der Waals surface area (Å²) in [4.78, 5) is 43.3. The van der Waals surface area contributed by atoms with Gasteiger partial charge in [-0.1, -0.05) is 13.3 Å². The number of likely N-dealkylation sites (tertiary alicyclic amines) is 1. The summed E-state index contributed by atoms with van der Waals surface area (Å²) in [7, 11) is 0. The fourth-order valence-electron chi connectivity index (χ4n) is 4.55. The largest absolute Gasteiger partial charge is 0.338 e. The van der Waals surface area contributed by atoms with Crippen molar-refractivity contribution in [2.75, 3.05) is 13.1 Å². The molecule has 0 bridgehead atoms. The molecule has 120 valence electrons. The van der Waals surface area contributed by atoms with Crippen molar-refractivity contribution in [2.45, 2.75) is 69.5 Å². The third kappa shape index (κ3) is 1.69. The molecular weight excluding hydrogens is 282 g/mol. The number of carbonyl (C=O) groups excluding carboxylic acids is 3. The zero-order valence-electron chi connectivity index (χ0n) is 13.1. The fourth-order valence-corrected chi connectivity index (χ4v) is 4.55. The van der Waals surface area contributed by atoms with E-state index in [1.54, 1.807) is 4.90 Å². The number of hydrogen-bond acceptors (Lipinski definition) is 3. The number of carbonyl (C=O) groups is 3. The summed E-state index contributed by atoms with van der Waals surface area (Å²) in [6.07, 6.45) is 5.94. The molecule has 0 aromatic heterocycles. The summed E-state index contributed by atoms with van der Waals surface area (Å²) >= 11 is 0. The van der Waals surface area contributed by atoms with Crippen LogP contribution in [-0.2, 0) is 9.59 Å². The lowest BCUT2D eigenvalue weighted by Gasteiger charge is -2.27. The Kier molecular flexibility index (Phi) is 3.00. The first-order chi connectivity index (χ1) is 10.6. The smallest absolute Gasteiger partial charge is 0.328 e. The molecule has 0 N–H and O–H groups in total. The molecule has 4 rings (SSSR count). The highest BCUT2D eigenvalue weighted by Crippen LogP contribution is 2.43. The SMILES string of the molecule is CCC[C@]12CCCN1C(=O)N([C@H]1CCN(C3CC3)C1=O)C2=O. The fraction of sp³-hybridized carbons (Fsp3) is 0.812. The molecule has 3 heterocycles. The maximum atomic E-state index is 13.0. The van der Waals surface area contributed by atoms with Crippen LogP contribution in [0, 0.1) is 0 Å². The van der Waals surface area contributed by atoms with E-state index in [2.05, 4.69) is 0 Å². The summed E-state index contributed by atoms with van der Waals surface area (Å²) in [5, 5.41) is 0. The van der Waals surface area contributed by atoms with Crippen LogP contribution < -0.4 is 0 Å². The van der Waals surface area contributed by atoms with Crippen molar-refractivity contribution in [1.82, 2.24) is 14.7 Å². The third-order valence-corrected chi connectivity index (χ3v) is 5.72. The third-order valence-electron chi connectivity index (χ3n) is 5.72. The normalized spacial score (nSPS) is 35.0. The Morgan fingerprint density at radius 1 is 1.14 bits per heavy atom. The molecule has 1 saturated carbocycles. The number of hydrogen-bond donors (Lipinski definition) is 0. The zero-order valence-corrected chi connectivity index (χ0v) is 13.1. The average Bonchev–Trinajstić information content (AvgIpc) is 3.09. The van der Waals surface area contributed by atoms with Gasteiger partial charge in [0.25, 0.3) is 5.91 Å². The first kappa shape index (κ1) is 14.0. The van der Waals surface area contributed by atoms with E-state index in [1.165, 1.54) is 4.90 Å². The zero-order chi connectivity index (χ0) is 15.5. The highest BCUT2D eigenvalue weighted by Gasteiger charge is 2.62. The lowest BCUT2D eigenvalue weighted by molar-refractivity contribution is -0.140. The molecule has 3 saturated heterocycles. The molecule has 0 radical (unpaired) electrons. The molecule has 3 aliphatic heterocycles. The van der Waals surface area contributed by atoms with Gasteiger partial charge in [-0.3, -0.25) is 9.59 Å². The molecule has 0 spiro atoms. The van der Waals surface area contributed by atoms with E-state index in [-0.39, 0.29) is 17.8 Å². The van der Waals surface area contributed by atoms with Gasteiger partial charge in [-0.05, 0) is 38.5 Å². The Labute approximate surface area is 130 Å². The maximum absolute atomic E-state index is 13.0. The second-order valence-electron chi connectivity index (χ2n) is 7.06. The molecular formula is C16H23N3O3. The van der Waals surface area contributed by atoms with Crippen LogP contribution in [0.2, 0.25) is 0 Å². The van der Waals surface area contributed by atoms with Gasteiger partial charge in [-0.15, -0.1) is 0 Å². The van der Waals surface area contributed by atoms with Gasteiger partial charge in [-0.2, -0.15) is 0 Å². The van der Waals surface area contributed by atoms with Crippen molar-refractivity contribution in [2.24, 2.45) is 0 Å². The van der Waals surface area contributed by atoms with E-state index in [0.29, 0.717) is 32.0 Å². The van der Waals surface area contributed by atoms with Gasteiger partial charge in [0.1, 0.15) is 11.6 Å². The lowest BCUT2D eigenvalue weighted by atomic mass is 9.90. The summed E-state index contributed by atoms with van der Waals surface area (Å²) < 4.78 is 0. The van der Waals surface area contributed by atoms with Crippen LogP contribution in [0.15, 0.2) is 0 Å². The molecule has 1 aliphatic carbocycles. The molecule has 22 heavy (non-hydrogen) atoms. The van der Waals surface area contributed by atoms with Crippen molar-refractivity contribution >= 4 is 17.8 Å². The molecule has 6 nitrogen and oxygen atoms in total. The minimum atomic E-state index is -0.654. The van der Waals surface area contributed by atoms with Crippen LogP contribution in [0.4, 0.5) is 4.79 Å². The van der Waals surface area contributed by atoms with Crippen LogP contribution in [0.5, 0.6) is 0 Å². The van der Waals surface area contributed by atoms with Crippen LogP contribution >= 0.6 is 0 Å². The molecule has 4 fully saturated rings. The van der Waals surface area contributed by atoms with Gasteiger partial charge in [0.05, 0.1) is 0 Å². The van der Waals surface area contributed by atoms with Crippen LogP contribution in [-0.4, -0.2) is 63.3 Å². The molecule has 0 unspecified atom stereocenters. The van der Waals surface area contributed by atoms with Crippen molar-refractivity contribution in [1.29, 1.82) is 0 Å². The van der Waals surface area contributed by atoms with Gasteiger partial charge < -0.3 is 9.80 Å². The monoisotopic (exact) mass is 305 g/mol. The predicted molar refractivity (Wildman–Crippen MR) is 79.0 cm³/mol. The number of imide groups is 1. The van der Waals surface area contributed by atoms with E-state index in [9.17, 15) is 14.4 Å². The Morgan fingerprint density at radius 2 is 1.91 bits per heavy atom. The first-order valence-electron chi connectivity index (χ1n) is 8.56.